The molecule has 0 radical (unpaired) electrons. The van der Waals surface area contributed by atoms with E-state index < -0.39 is 16.4 Å². The third kappa shape index (κ3) is 3.38. The van der Waals surface area contributed by atoms with Crippen molar-refractivity contribution in [2.45, 2.75) is 44.6 Å². The van der Waals surface area contributed by atoms with Gasteiger partial charge in [0.05, 0.1) is 4.92 Å². The van der Waals surface area contributed by atoms with Gasteiger partial charge in [-0.25, -0.2) is 13.2 Å². The van der Waals surface area contributed by atoms with Crippen molar-refractivity contribution in [3.8, 4) is 11.1 Å². The van der Waals surface area contributed by atoms with Crippen molar-refractivity contribution in [2.75, 3.05) is 5.32 Å². The minimum Gasteiger partial charge on any atom is -0.374 e. The maximum Gasteiger partial charge on any atom is 0.292 e. The van der Waals surface area contributed by atoms with Gasteiger partial charge in [0.1, 0.15) is 11.5 Å². The molecule has 7 heteroatoms. The summed E-state index contributed by atoms with van der Waals surface area (Å²) >= 11 is 0. The van der Waals surface area contributed by atoms with E-state index in [4.69, 9.17) is 0 Å². The Morgan fingerprint density at radius 3 is 2.27 bits per heavy atom. The largest absolute Gasteiger partial charge is 0.374 e. The number of benzene rings is 2. The maximum absolute atomic E-state index is 13.4. The molecule has 1 aliphatic rings. The summed E-state index contributed by atoms with van der Waals surface area (Å²) in [5.74, 6) is -3.13. The monoisotopic (exact) mass is 364 g/mol. The van der Waals surface area contributed by atoms with Crippen molar-refractivity contribution in [2.24, 2.45) is 0 Å². The Balaban J connectivity index is 2.09. The fraction of sp³-hybridized carbons (Fsp3) is 0.368. The Bertz CT molecular complexity index is 843. The summed E-state index contributed by atoms with van der Waals surface area (Å²) < 4.78 is 39.9. The van der Waals surface area contributed by atoms with Gasteiger partial charge in [-0.15, -0.1) is 0 Å². The average Bonchev–Trinajstić information content (AvgIpc) is 2.52. The number of halogens is 3. The van der Waals surface area contributed by atoms with E-state index in [-0.39, 0.29) is 30.0 Å². The number of anilines is 1. The standard InChI is InChI=1S/C19H19F3N2O2/c1-3-14-15(12-4-6-13(20)7-5-12)8-9-16(24(25)26)17(14)23-18(2)10-19(21,22)11-18/h4-9,23H,3,10-11H2,1-2H3. The number of hydrogen-bond acceptors (Lipinski definition) is 3. The third-order valence-electron chi connectivity index (χ3n) is 4.72. The molecule has 0 atom stereocenters. The highest BCUT2D eigenvalue weighted by molar-refractivity contribution is 5.80. The quantitative estimate of drug-likeness (QED) is 0.558. The highest BCUT2D eigenvalue weighted by atomic mass is 19.3. The van der Waals surface area contributed by atoms with Gasteiger partial charge in [-0.1, -0.05) is 19.1 Å². The van der Waals surface area contributed by atoms with Crippen LogP contribution >= 0.6 is 0 Å². The smallest absolute Gasteiger partial charge is 0.292 e. The van der Waals surface area contributed by atoms with E-state index in [0.29, 0.717) is 17.5 Å². The number of rotatable bonds is 5. The zero-order chi connectivity index (χ0) is 19.1. The molecule has 0 unspecified atom stereocenters. The van der Waals surface area contributed by atoms with E-state index in [1.165, 1.54) is 18.2 Å². The van der Waals surface area contributed by atoms with Crippen LogP contribution < -0.4 is 5.32 Å². The molecule has 2 aromatic carbocycles. The first-order valence-electron chi connectivity index (χ1n) is 8.36. The average molecular weight is 364 g/mol. The second-order valence-corrected chi connectivity index (χ2v) is 7.00. The molecule has 4 nitrogen and oxygen atoms in total. The molecule has 0 bridgehead atoms. The molecule has 1 N–H and O–H groups in total. The second kappa shape index (κ2) is 6.30. The Labute approximate surface area is 149 Å². The van der Waals surface area contributed by atoms with E-state index in [1.807, 2.05) is 6.92 Å². The van der Waals surface area contributed by atoms with Gasteiger partial charge < -0.3 is 5.32 Å². The van der Waals surface area contributed by atoms with Gasteiger partial charge >= 0.3 is 0 Å². The lowest BCUT2D eigenvalue weighted by atomic mass is 9.74. The van der Waals surface area contributed by atoms with Gasteiger partial charge in [-0.3, -0.25) is 10.1 Å². The number of nitro groups is 1. The van der Waals surface area contributed by atoms with Crippen molar-refractivity contribution in [1.29, 1.82) is 0 Å². The van der Waals surface area contributed by atoms with E-state index >= 15 is 0 Å². The van der Waals surface area contributed by atoms with Crippen LogP contribution in [0, 0.1) is 15.9 Å². The minimum absolute atomic E-state index is 0.149. The number of hydrogen-bond donors (Lipinski definition) is 1. The van der Waals surface area contributed by atoms with Gasteiger partial charge in [-0.05, 0) is 48.2 Å². The first-order chi connectivity index (χ1) is 12.1. The van der Waals surface area contributed by atoms with Crippen LogP contribution in [0.4, 0.5) is 24.5 Å². The predicted molar refractivity (Wildman–Crippen MR) is 94.1 cm³/mol. The van der Waals surface area contributed by atoms with E-state index in [0.717, 1.165) is 5.56 Å². The van der Waals surface area contributed by atoms with E-state index in [2.05, 4.69) is 5.32 Å². The summed E-state index contributed by atoms with van der Waals surface area (Å²) in [6, 6.07) is 8.80. The lowest BCUT2D eigenvalue weighted by molar-refractivity contribution is -0.384. The summed E-state index contributed by atoms with van der Waals surface area (Å²) in [5, 5.41) is 14.5. The Morgan fingerprint density at radius 1 is 1.15 bits per heavy atom. The summed E-state index contributed by atoms with van der Waals surface area (Å²) in [5.41, 5.74) is 1.30. The van der Waals surface area contributed by atoms with Crippen LogP contribution in [-0.2, 0) is 6.42 Å². The molecular weight excluding hydrogens is 345 g/mol. The molecule has 0 spiro atoms. The number of nitrogens with one attached hydrogen (secondary N) is 1. The molecule has 138 valence electrons. The SMILES string of the molecule is CCc1c(-c2ccc(F)cc2)ccc([N+](=O)[O-])c1NC1(C)CC(F)(F)C1. The summed E-state index contributed by atoms with van der Waals surface area (Å²) in [6.45, 7) is 3.48. The molecule has 26 heavy (non-hydrogen) atoms. The lowest BCUT2D eigenvalue weighted by Gasteiger charge is -2.46. The molecule has 0 saturated heterocycles. The van der Waals surface area contributed by atoms with E-state index in [9.17, 15) is 23.3 Å². The molecule has 0 aliphatic heterocycles. The zero-order valence-corrected chi connectivity index (χ0v) is 14.5. The molecular formula is C19H19F3N2O2. The van der Waals surface area contributed by atoms with E-state index in [1.54, 1.807) is 25.1 Å². The van der Waals surface area contributed by atoms with Crippen LogP contribution in [0.15, 0.2) is 36.4 Å². The summed E-state index contributed by atoms with van der Waals surface area (Å²) in [6.07, 6.45) is -0.286. The lowest BCUT2D eigenvalue weighted by Crippen LogP contribution is -2.54. The first kappa shape index (κ1) is 18.2. The van der Waals surface area contributed by atoms with Gasteiger partial charge in [0, 0.05) is 24.4 Å². The maximum atomic E-state index is 13.4. The van der Waals surface area contributed by atoms with Crippen LogP contribution in [0.1, 0.15) is 32.3 Å². The Morgan fingerprint density at radius 2 is 1.77 bits per heavy atom. The van der Waals surface area contributed by atoms with Crippen LogP contribution in [-0.4, -0.2) is 16.4 Å². The van der Waals surface area contributed by atoms with Crippen LogP contribution in [0.2, 0.25) is 0 Å². The van der Waals surface area contributed by atoms with Crippen LogP contribution in [0.5, 0.6) is 0 Å². The normalized spacial score (nSPS) is 17.4. The fourth-order valence-electron chi connectivity index (χ4n) is 3.67. The third-order valence-corrected chi connectivity index (χ3v) is 4.72. The minimum atomic E-state index is -2.75. The predicted octanol–water partition coefficient (Wildman–Crippen LogP) is 5.56. The molecule has 0 amide bonds. The zero-order valence-electron chi connectivity index (χ0n) is 14.5. The highest BCUT2D eigenvalue weighted by Gasteiger charge is 2.54. The number of nitrogens with zero attached hydrogens (tertiary/aromatic N) is 1. The molecule has 0 heterocycles. The summed E-state index contributed by atoms with van der Waals surface area (Å²) in [7, 11) is 0. The molecule has 2 aromatic rings. The molecule has 3 rings (SSSR count). The molecule has 1 saturated carbocycles. The molecule has 1 fully saturated rings. The van der Waals surface area contributed by atoms with Crippen molar-refractivity contribution in [3.63, 3.8) is 0 Å². The van der Waals surface area contributed by atoms with Crippen molar-refractivity contribution >= 4 is 11.4 Å². The van der Waals surface area contributed by atoms with Crippen molar-refractivity contribution in [1.82, 2.24) is 0 Å². The van der Waals surface area contributed by atoms with Gasteiger partial charge in [0.15, 0.2) is 0 Å². The fourth-order valence-corrected chi connectivity index (χ4v) is 3.67. The number of nitro benzene ring substituents is 1. The highest BCUT2D eigenvalue weighted by Crippen LogP contribution is 2.49. The first-order valence-corrected chi connectivity index (χ1v) is 8.36. The van der Waals surface area contributed by atoms with Crippen LogP contribution in [0.25, 0.3) is 11.1 Å². The number of alkyl halides is 2. The second-order valence-electron chi connectivity index (χ2n) is 7.00. The Kier molecular flexibility index (Phi) is 4.42. The van der Waals surface area contributed by atoms with Crippen molar-refractivity contribution < 1.29 is 18.1 Å². The topological polar surface area (TPSA) is 55.2 Å². The van der Waals surface area contributed by atoms with Crippen molar-refractivity contribution in [3.05, 3.63) is 57.9 Å². The van der Waals surface area contributed by atoms with Crippen LogP contribution in [0.3, 0.4) is 0 Å². The Hall–Kier alpha value is -2.57. The summed E-state index contributed by atoms with van der Waals surface area (Å²) in [4.78, 5) is 11.0. The van der Waals surface area contributed by atoms with Gasteiger partial charge in [-0.2, -0.15) is 0 Å². The van der Waals surface area contributed by atoms with Gasteiger partial charge in [0.2, 0.25) is 0 Å². The molecule has 1 aliphatic carbocycles. The molecule has 0 aromatic heterocycles. The van der Waals surface area contributed by atoms with Gasteiger partial charge in [0.25, 0.3) is 11.6 Å².